The number of Topliss-reactive ketones (excluding diaryl/α,β-unsaturated/α-hetero) is 1. The fourth-order valence-corrected chi connectivity index (χ4v) is 6.56. The Morgan fingerprint density at radius 3 is 2.53 bits per heavy atom. The molecule has 3 aliphatic rings. The van der Waals surface area contributed by atoms with Crippen molar-refractivity contribution in [2.45, 2.75) is 72.1 Å². The van der Waals surface area contributed by atoms with Crippen LogP contribution < -0.4 is 5.32 Å². The average molecular weight is 508 g/mol. The molecule has 3 aromatic rings. The number of aryl methyl sites for hydroxylation is 4. The molecule has 1 N–H and O–H groups in total. The number of likely N-dealkylation sites (tertiary alicyclic amines) is 1. The molecule has 1 atom stereocenters. The number of nitrogens with zero attached hydrogens (tertiary/aromatic N) is 2. The number of hydrogen-bond donors (Lipinski definition) is 1. The van der Waals surface area contributed by atoms with E-state index in [4.69, 9.17) is 11.4 Å². The molecule has 1 unspecified atom stereocenters. The van der Waals surface area contributed by atoms with Gasteiger partial charge in [0.1, 0.15) is 0 Å². The van der Waals surface area contributed by atoms with Crippen LogP contribution in [0.15, 0.2) is 30.3 Å². The lowest BCUT2D eigenvalue weighted by Gasteiger charge is -2.30. The second-order valence-corrected chi connectivity index (χ2v) is 11.5. The third-order valence-corrected chi connectivity index (χ3v) is 8.91. The van der Waals surface area contributed by atoms with E-state index in [2.05, 4.69) is 67.4 Å². The first-order valence-corrected chi connectivity index (χ1v) is 14.3. The molecule has 198 valence electrons. The van der Waals surface area contributed by atoms with Crippen LogP contribution >= 0.6 is 0 Å². The van der Waals surface area contributed by atoms with Crippen molar-refractivity contribution in [2.75, 3.05) is 25.5 Å². The van der Waals surface area contributed by atoms with Crippen LogP contribution in [-0.2, 0) is 19.3 Å². The summed E-state index contributed by atoms with van der Waals surface area (Å²) in [4.78, 5) is 19.5. The molecule has 2 aromatic carbocycles. The molecule has 0 saturated carbocycles. The number of fused-ring (bicyclic) bond motifs is 3. The second kappa shape index (κ2) is 11.2. The minimum Gasteiger partial charge on any atom is -0.387 e. The number of terminal acetylenes is 1. The van der Waals surface area contributed by atoms with E-state index >= 15 is 0 Å². The van der Waals surface area contributed by atoms with Gasteiger partial charge in [0.25, 0.3) is 0 Å². The molecule has 0 spiro atoms. The Labute approximate surface area is 228 Å². The van der Waals surface area contributed by atoms with Crippen LogP contribution in [0.3, 0.4) is 0 Å². The van der Waals surface area contributed by atoms with Gasteiger partial charge in [0.2, 0.25) is 0 Å². The van der Waals surface area contributed by atoms with Crippen LogP contribution in [0, 0.1) is 45.1 Å². The Morgan fingerprint density at radius 2 is 1.79 bits per heavy atom. The molecule has 2 aliphatic carbocycles. The van der Waals surface area contributed by atoms with Crippen LogP contribution in [0.5, 0.6) is 0 Å². The van der Waals surface area contributed by atoms with Crippen LogP contribution in [0.2, 0.25) is 0 Å². The molecule has 38 heavy (non-hydrogen) atoms. The predicted octanol–water partition coefficient (Wildman–Crippen LogP) is 6.81. The Hall–Kier alpha value is -3.32. The monoisotopic (exact) mass is 507 g/mol. The molecule has 4 heteroatoms. The fraction of sp³-hybridized carbons (Fsp3) is 0.471. The van der Waals surface area contributed by atoms with Crippen molar-refractivity contribution in [1.29, 1.82) is 0 Å². The van der Waals surface area contributed by atoms with Gasteiger partial charge in [0.05, 0.1) is 5.52 Å². The Balaban J connectivity index is 0.000000158. The number of carbonyl (C=O) groups is 1. The quantitative estimate of drug-likeness (QED) is 0.395. The molecular weight excluding hydrogens is 466 g/mol. The summed E-state index contributed by atoms with van der Waals surface area (Å²) in [6.07, 6.45) is 14.5. The number of pyridine rings is 1. The number of rotatable bonds is 3. The normalized spacial score (nSPS) is 18.9. The summed E-state index contributed by atoms with van der Waals surface area (Å²) in [5.41, 5.74) is 11.2. The van der Waals surface area contributed by atoms with E-state index in [0.29, 0.717) is 11.7 Å². The smallest absolute Gasteiger partial charge is 0.166 e. The number of benzene rings is 2. The van der Waals surface area contributed by atoms with Gasteiger partial charge in [-0.15, -0.1) is 0 Å². The van der Waals surface area contributed by atoms with E-state index in [0.717, 1.165) is 56.3 Å². The summed E-state index contributed by atoms with van der Waals surface area (Å²) in [6.45, 7) is 8.30. The zero-order chi connectivity index (χ0) is 26.8. The molecule has 1 aromatic heterocycles. The van der Waals surface area contributed by atoms with Crippen LogP contribution in [0.4, 0.5) is 5.69 Å². The van der Waals surface area contributed by atoms with Crippen molar-refractivity contribution in [3.63, 3.8) is 0 Å². The summed E-state index contributed by atoms with van der Waals surface area (Å²) in [5, 5.41) is 4.64. The van der Waals surface area contributed by atoms with Crippen LogP contribution in [-0.4, -0.2) is 35.8 Å². The minimum absolute atomic E-state index is 0.198. The summed E-state index contributed by atoms with van der Waals surface area (Å²) in [7, 11) is 2.02. The van der Waals surface area contributed by atoms with Crippen molar-refractivity contribution in [3.05, 3.63) is 69.4 Å². The first-order chi connectivity index (χ1) is 18.4. The molecule has 1 aliphatic heterocycles. The molecule has 0 radical (unpaired) electrons. The highest BCUT2D eigenvalue weighted by atomic mass is 16.1. The van der Waals surface area contributed by atoms with Gasteiger partial charge in [-0.2, -0.15) is 0 Å². The summed E-state index contributed by atoms with van der Waals surface area (Å²) >= 11 is 0. The van der Waals surface area contributed by atoms with E-state index in [1.54, 1.807) is 0 Å². The van der Waals surface area contributed by atoms with Crippen molar-refractivity contribution in [2.24, 2.45) is 11.8 Å². The summed E-state index contributed by atoms with van der Waals surface area (Å²) in [5.74, 6) is 1.22. The van der Waals surface area contributed by atoms with E-state index in [1.165, 1.54) is 63.8 Å². The van der Waals surface area contributed by atoms with E-state index in [9.17, 15) is 4.79 Å². The lowest BCUT2D eigenvalue weighted by Crippen LogP contribution is -2.31. The number of nitrogens with one attached hydrogen (secondary N) is 1. The van der Waals surface area contributed by atoms with Crippen molar-refractivity contribution in [1.82, 2.24) is 9.88 Å². The number of aromatic nitrogens is 1. The molecule has 1 saturated heterocycles. The largest absolute Gasteiger partial charge is 0.387 e. The molecule has 0 amide bonds. The minimum atomic E-state index is 0.198. The van der Waals surface area contributed by atoms with E-state index in [-0.39, 0.29) is 5.92 Å². The third-order valence-electron chi connectivity index (χ3n) is 8.91. The first kappa shape index (κ1) is 26.3. The number of hydrogen-bond acceptors (Lipinski definition) is 4. The Kier molecular flexibility index (Phi) is 7.75. The van der Waals surface area contributed by atoms with Gasteiger partial charge < -0.3 is 10.2 Å². The number of carbonyl (C=O) groups excluding carboxylic acids is 1. The predicted molar refractivity (Wildman–Crippen MR) is 158 cm³/mol. The maximum atomic E-state index is 12.6. The Bertz CT molecular complexity index is 1390. The SMILES string of the molecule is C#CN1CCC(CC2Cc3cc(C)c(C)cc3C2=O)CC1.CNc1c2c(nc3cc(C)ccc13)CCCC2. The molecular formula is C34H41N3O. The zero-order valence-corrected chi connectivity index (χ0v) is 23.5. The van der Waals surface area contributed by atoms with Gasteiger partial charge in [-0.3, -0.25) is 9.78 Å². The lowest BCUT2D eigenvalue weighted by molar-refractivity contribution is 0.0906. The topological polar surface area (TPSA) is 45.2 Å². The van der Waals surface area contributed by atoms with Gasteiger partial charge in [-0.25, -0.2) is 0 Å². The highest BCUT2D eigenvalue weighted by molar-refractivity contribution is 6.02. The molecule has 0 bridgehead atoms. The molecule has 1 fully saturated rings. The zero-order valence-electron chi connectivity index (χ0n) is 23.5. The lowest BCUT2D eigenvalue weighted by atomic mass is 9.85. The number of ketones is 1. The van der Waals surface area contributed by atoms with E-state index in [1.807, 2.05) is 7.05 Å². The summed E-state index contributed by atoms with van der Waals surface area (Å²) in [6, 6.07) is 13.6. The van der Waals surface area contributed by atoms with Crippen LogP contribution in [0.1, 0.15) is 76.0 Å². The fourth-order valence-electron chi connectivity index (χ4n) is 6.56. The molecule has 6 rings (SSSR count). The van der Waals surface area contributed by atoms with Gasteiger partial charge in [0, 0.05) is 54.4 Å². The van der Waals surface area contributed by atoms with Gasteiger partial charge >= 0.3 is 0 Å². The third kappa shape index (κ3) is 5.30. The molecule has 2 heterocycles. The maximum Gasteiger partial charge on any atom is 0.166 e. The van der Waals surface area contributed by atoms with Gasteiger partial charge in [-0.05, 0) is 118 Å². The van der Waals surface area contributed by atoms with Crippen molar-refractivity contribution >= 4 is 22.4 Å². The van der Waals surface area contributed by atoms with Crippen molar-refractivity contribution in [3.8, 4) is 12.5 Å². The highest BCUT2D eigenvalue weighted by Crippen LogP contribution is 2.35. The number of anilines is 1. The molecule has 4 nitrogen and oxygen atoms in total. The second-order valence-electron chi connectivity index (χ2n) is 11.5. The maximum absolute atomic E-state index is 12.6. The highest BCUT2D eigenvalue weighted by Gasteiger charge is 2.33. The first-order valence-electron chi connectivity index (χ1n) is 14.3. The van der Waals surface area contributed by atoms with Gasteiger partial charge in [0.15, 0.2) is 5.78 Å². The number of piperidine rings is 1. The average Bonchev–Trinajstić information content (AvgIpc) is 3.21. The summed E-state index contributed by atoms with van der Waals surface area (Å²) < 4.78 is 0. The van der Waals surface area contributed by atoms with E-state index < -0.39 is 0 Å². The van der Waals surface area contributed by atoms with Gasteiger partial charge in [-0.1, -0.05) is 24.6 Å². The Morgan fingerprint density at radius 1 is 1.05 bits per heavy atom. The standard InChI is InChI=1S/C19H23NO.C15H18N2/c1-4-20-7-5-15(6-8-20)11-17-12-16-9-13(2)14(3)10-18(16)19(17)21;1-10-7-8-12-14(9-10)17-13-6-4-3-5-11(13)15(12)16-2/h1,9-10,15,17H,5-8,11-12H2,2-3H3;7-9H,3-6H2,1-2H3,(H,16,17). The van der Waals surface area contributed by atoms with Crippen LogP contribution in [0.25, 0.3) is 10.9 Å². The van der Waals surface area contributed by atoms with Crippen molar-refractivity contribution < 1.29 is 4.79 Å².